The first kappa shape index (κ1) is 19.5. The van der Waals surface area contributed by atoms with Gasteiger partial charge in [0.25, 0.3) is 10.0 Å². The van der Waals surface area contributed by atoms with Crippen LogP contribution in [0.15, 0.2) is 27.1 Å². The first-order valence-electron chi connectivity index (χ1n) is 8.63. The number of aromatic nitrogens is 1. The minimum absolute atomic E-state index is 0.102. The van der Waals surface area contributed by atoms with Gasteiger partial charge in [-0.25, -0.2) is 13.4 Å². The van der Waals surface area contributed by atoms with E-state index in [1.54, 1.807) is 28.8 Å². The van der Waals surface area contributed by atoms with Crippen LogP contribution in [-0.4, -0.2) is 36.7 Å². The average molecular weight is 414 g/mol. The predicted molar refractivity (Wildman–Crippen MR) is 104 cm³/mol. The fourth-order valence-corrected chi connectivity index (χ4v) is 6.41. The van der Waals surface area contributed by atoms with Gasteiger partial charge in [0.15, 0.2) is 0 Å². The summed E-state index contributed by atoms with van der Waals surface area (Å²) in [5.74, 6) is -0.0457. The summed E-state index contributed by atoms with van der Waals surface area (Å²) < 4.78 is 27.1. The number of piperidine rings is 1. The zero-order valence-electron chi connectivity index (χ0n) is 14.8. The Bertz CT molecular complexity index is 844. The molecule has 1 amide bonds. The number of carbonyl (C=O) groups excluding carboxylic acids is 1. The number of thiazole rings is 1. The van der Waals surface area contributed by atoms with E-state index in [-0.39, 0.29) is 18.4 Å². The molecule has 1 fully saturated rings. The third-order valence-corrected chi connectivity index (χ3v) is 8.78. The monoisotopic (exact) mass is 413 g/mol. The molecule has 1 aliphatic rings. The van der Waals surface area contributed by atoms with Crippen LogP contribution in [0.4, 0.5) is 0 Å². The summed E-state index contributed by atoms with van der Waals surface area (Å²) in [4.78, 5) is 17.0. The topological polar surface area (TPSA) is 79.4 Å². The van der Waals surface area contributed by atoms with Crippen molar-refractivity contribution in [3.8, 4) is 0 Å². The van der Waals surface area contributed by atoms with E-state index in [2.05, 4.69) is 24.1 Å². The molecule has 1 atom stereocenters. The van der Waals surface area contributed by atoms with Gasteiger partial charge >= 0.3 is 0 Å². The highest BCUT2D eigenvalue weighted by molar-refractivity contribution is 7.91. The van der Waals surface area contributed by atoms with Gasteiger partial charge in [-0.05, 0) is 24.3 Å². The van der Waals surface area contributed by atoms with Crippen LogP contribution in [0.25, 0.3) is 0 Å². The van der Waals surface area contributed by atoms with Crippen LogP contribution in [0.2, 0.25) is 0 Å². The van der Waals surface area contributed by atoms with Gasteiger partial charge in [0.1, 0.15) is 4.21 Å². The van der Waals surface area contributed by atoms with E-state index in [4.69, 9.17) is 0 Å². The lowest BCUT2D eigenvalue weighted by molar-refractivity contribution is -0.126. The summed E-state index contributed by atoms with van der Waals surface area (Å²) >= 11 is 2.81. The first-order chi connectivity index (χ1) is 12.4. The molecule has 9 heteroatoms. The number of rotatable bonds is 6. The summed E-state index contributed by atoms with van der Waals surface area (Å²) in [5.41, 5.74) is 0.853. The second kappa shape index (κ2) is 8.16. The molecular formula is C17H23N3O3S3. The number of thiophene rings is 1. The zero-order chi connectivity index (χ0) is 18.7. The average Bonchev–Trinajstić information content (AvgIpc) is 3.31. The molecule has 3 rings (SSSR count). The van der Waals surface area contributed by atoms with Crippen LogP contribution < -0.4 is 5.32 Å². The summed E-state index contributed by atoms with van der Waals surface area (Å²) in [7, 11) is -3.50. The Balaban J connectivity index is 1.59. The van der Waals surface area contributed by atoms with Crippen LogP contribution in [0, 0.1) is 5.92 Å². The Labute approximate surface area is 162 Å². The molecule has 0 aliphatic carbocycles. The summed E-state index contributed by atoms with van der Waals surface area (Å²) in [6, 6.07) is 3.34. The van der Waals surface area contributed by atoms with Gasteiger partial charge < -0.3 is 5.32 Å². The normalized spacial score (nSPS) is 19.0. The fourth-order valence-electron chi connectivity index (χ4n) is 2.90. The van der Waals surface area contributed by atoms with Crippen molar-refractivity contribution in [2.45, 2.75) is 43.4 Å². The van der Waals surface area contributed by atoms with Gasteiger partial charge in [-0.2, -0.15) is 4.31 Å². The van der Waals surface area contributed by atoms with Crippen molar-refractivity contribution >= 4 is 38.6 Å². The highest BCUT2D eigenvalue weighted by Gasteiger charge is 2.33. The zero-order valence-corrected chi connectivity index (χ0v) is 17.3. The maximum absolute atomic E-state index is 12.7. The van der Waals surface area contributed by atoms with E-state index in [1.165, 1.54) is 15.6 Å². The molecule has 3 heterocycles. The van der Waals surface area contributed by atoms with Crippen LogP contribution in [0.5, 0.6) is 0 Å². The second-order valence-electron chi connectivity index (χ2n) is 6.68. The number of carbonyl (C=O) groups is 1. The molecule has 142 valence electrons. The van der Waals surface area contributed by atoms with Crippen molar-refractivity contribution in [3.63, 3.8) is 0 Å². The van der Waals surface area contributed by atoms with Crippen molar-refractivity contribution < 1.29 is 13.2 Å². The number of nitrogens with zero attached hydrogens (tertiary/aromatic N) is 2. The molecule has 2 aromatic heterocycles. The van der Waals surface area contributed by atoms with E-state index >= 15 is 0 Å². The van der Waals surface area contributed by atoms with Gasteiger partial charge in [-0.15, -0.1) is 22.7 Å². The third-order valence-electron chi connectivity index (χ3n) is 4.35. The van der Waals surface area contributed by atoms with Crippen LogP contribution >= 0.6 is 22.7 Å². The number of nitrogens with one attached hydrogen (secondary N) is 1. The number of hydrogen-bond acceptors (Lipinski definition) is 6. The Morgan fingerprint density at radius 3 is 2.88 bits per heavy atom. The smallest absolute Gasteiger partial charge is 0.252 e. The highest BCUT2D eigenvalue weighted by Crippen LogP contribution is 2.26. The molecule has 1 aliphatic heterocycles. The van der Waals surface area contributed by atoms with Crippen LogP contribution in [-0.2, 0) is 21.4 Å². The molecule has 26 heavy (non-hydrogen) atoms. The van der Waals surface area contributed by atoms with Crippen molar-refractivity contribution in [3.05, 3.63) is 33.6 Å². The van der Waals surface area contributed by atoms with Crippen LogP contribution in [0.1, 0.15) is 43.3 Å². The van der Waals surface area contributed by atoms with Gasteiger partial charge in [-0.1, -0.05) is 19.9 Å². The molecule has 1 unspecified atom stereocenters. The minimum atomic E-state index is -3.50. The predicted octanol–water partition coefficient (Wildman–Crippen LogP) is 3.05. The van der Waals surface area contributed by atoms with E-state index in [1.807, 2.05) is 5.38 Å². The molecule has 0 bridgehead atoms. The first-order valence-corrected chi connectivity index (χ1v) is 11.8. The molecule has 2 aromatic rings. The number of sulfonamides is 1. The molecule has 6 nitrogen and oxygen atoms in total. The van der Waals surface area contributed by atoms with Gasteiger partial charge in [-0.3, -0.25) is 4.79 Å². The molecular weight excluding hydrogens is 390 g/mol. The quantitative estimate of drug-likeness (QED) is 0.789. The largest absolute Gasteiger partial charge is 0.350 e. The molecule has 1 saturated heterocycles. The van der Waals surface area contributed by atoms with Crippen LogP contribution in [0.3, 0.4) is 0 Å². The van der Waals surface area contributed by atoms with E-state index < -0.39 is 10.0 Å². The summed E-state index contributed by atoms with van der Waals surface area (Å²) in [5, 5.41) is 7.68. The van der Waals surface area contributed by atoms with Crippen molar-refractivity contribution in [2.24, 2.45) is 5.92 Å². The minimum Gasteiger partial charge on any atom is -0.350 e. The molecule has 1 N–H and O–H groups in total. The number of hydrogen-bond donors (Lipinski definition) is 1. The summed E-state index contributed by atoms with van der Waals surface area (Å²) in [6.07, 6.45) is 1.40. The highest BCUT2D eigenvalue weighted by atomic mass is 32.2. The number of amides is 1. The maximum atomic E-state index is 12.7. The molecule has 0 spiro atoms. The SMILES string of the molecule is CC(C)c1nc(CNC(=O)C2CCCN(S(=O)(=O)c3cccs3)C2)cs1. The Morgan fingerprint density at radius 1 is 1.42 bits per heavy atom. The molecule has 0 radical (unpaired) electrons. The Hall–Kier alpha value is -1.29. The van der Waals surface area contributed by atoms with E-state index in [0.29, 0.717) is 36.1 Å². The Kier molecular flexibility index (Phi) is 6.11. The fraction of sp³-hybridized carbons (Fsp3) is 0.529. The lowest BCUT2D eigenvalue weighted by Crippen LogP contribution is -2.45. The lowest BCUT2D eigenvalue weighted by atomic mass is 9.99. The standard InChI is InChI=1S/C17H23N3O3S3/c1-12(2)17-19-14(11-25-17)9-18-16(21)13-5-3-7-20(10-13)26(22,23)15-6-4-8-24-15/h4,6,8,11-13H,3,5,7,9-10H2,1-2H3,(H,18,21). The van der Waals surface area contributed by atoms with E-state index in [9.17, 15) is 13.2 Å². The molecule has 0 aromatic carbocycles. The Morgan fingerprint density at radius 2 is 2.23 bits per heavy atom. The lowest BCUT2D eigenvalue weighted by Gasteiger charge is -2.30. The van der Waals surface area contributed by atoms with Crippen molar-refractivity contribution in [2.75, 3.05) is 13.1 Å². The van der Waals surface area contributed by atoms with Gasteiger partial charge in [0.05, 0.1) is 23.2 Å². The third kappa shape index (κ3) is 4.33. The van der Waals surface area contributed by atoms with Gasteiger partial charge in [0.2, 0.25) is 5.91 Å². The second-order valence-corrected chi connectivity index (χ2v) is 10.7. The van der Waals surface area contributed by atoms with E-state index in [0.717, 1.165) is 10.7 Å². The maximum Gasteiger partial charge on any atom is 0.252 e. The summed E-state index contributed by atoms with van der Waals surface area (Å²) in [6.45, 7) is 5.27. The van der Waals surface area contributed by atoms with Crippen molar-refractivity contribution in [1.82, 2.24) is 14.6 Å². The van der Waals surface area contributed by atoms with Crippen molar-refractivity contribution in [1.29, 1.82) is 0 Å². The molecule has 0 saturated carbocycles. The van der Waals surface area contributed by atoms with Gasteiger partial charge in [0, 0.05) is 24.4 Å².